The minimum Gasteiger partial charge on any atom is -0.498 e. The average molecular weight is 121 g/mol. The zero-order valence-corrected chi connectivity index (χ0v) is 4.65. The van der Waals surface area contributed by atoms with Crippen LogP contribution < -0.4 is 4.68 Å². The Balaban J connectivity index is 2.61. The quantitative estimate of drug-likeness (QED) is 0.498. The highest BCUT2D eigenvalue weighted by molar-refractivity contribution is 5.66. The average Bonchev–Trinajstić information content (AvgIpc) is 1.86. The van der Waals surface area contributed by atoms with Crippen LogP contribution in [0.25, 0.3) is 12.0 Å². The van der Waals surface area contributed by atoms with Crippen LogP contribution >= 0.6 is 0 Å². The van der Waals surface area contributed by atoms with Gasteiger partial charge in [0.25, 0.3) is 17.7 Å². The topological polar surface area (TPSA) is 37.0 Å². The molecule has 0 saturated carbocycles. The normalized spacial score (nSPS) is 13.6. The molecule has 1 N–H and O–H groups in total. The number of fused-ring (bicyclic) bond motifs is 1. The van der Waals surface area contributed by atoms with Crippen molar-refractivity contribution in [3.63, 3.8) is 0 Å². The van der Waals surface area contributed by atoms with Crippen molar-refractivity contribution in [1.29, 1.82) is 0 Å². The Bertz CT molecular complexity index is 280. The Morgan fingerprint density at radius 3 is 3.00 bits per heavy atom. The standard InChI is InChI=1S/C6H4N2O/c9-6-4-8-5(6)2-1-3-7-8/h1-4H/p+1. The van der Waals surface area contributed by atoms with Crippen molar-refractivity contribution >= 4 is 12.0 Å². The van der Waals surface area contributed by atoms with Gasteiger partial charge in [-0.05, 0) is 15.8 Å². The molecule has 0 aliphatic carbocycles. The van der Waals surface area contributed by atoms with Gasteiger partial charge in [-0.25, -0.2) is 0 Å². The van der Waals surface area contributed by atoms with E-state index >= 15 is 0 Å². The second kappa shape index (κ2) is 1.31. The maximum atomic E-state index is 8.90. The molecule has 2 rings (SSSR count). The number of aromatic nitrogens is 2. The third-order valence-electron chi connectivity index (χ3n) is 1.29. The molecule has 0 bridgehead atoms. The molecular weight excluding hydrogens is 116 g/mol. The largest absolute Gasteiger partial charge is 0.498 e. The minimum atomic E-state index is 0.308. The molecule has 1 aromatic rings. The van der Waals surface area contributed by atoms with E-state index in [1.54, 1.807) is 23.1 Å². The summed E-state index contributed by atoms with van der Waals surface area (Å²) < 4.78 is 1.62. The lowest BCUT2D eigenvalue weighted by Gasteiger charge is -2.00. The summed E-state index contributed by atoms with van der Waals surface area (Å²) in [5, 5.41) is 12.8. The van der Waals surface area contributed by atoms with Crippen LogP contribution in [0.1, 0.15) is 5.69 Å². The van der Waals surface area contributed by atoms with Crippen molar-refractivity contribution in [1.82, 2.24) is 5.10 Å². The summed E-state index contributed by atoms with van der Waals surface area (Å²) >= 11 is 0. The number of hydrogen-bond acceptors (Lipinski definition) is 2. The fraction of sp³-hybridized carbons (Fsp3) is 0. The second-order valence-corrected chi connectivity index (χ2v) is 1.87. The van der Waals surface area contributed by atoms with E-state index in [-0.39, 0.29) is 0 Å². The van der Waals surface area contributed by atoms with Gasteiger partial charge in [0, 0.05) is 6.07 Å². The van der Waals surface area contributed by atoms with E-state index < -0.39 is 0 Å². The van der Waals surface area contributed by atoms with Crippen LogP contribution in [-0.4, -0.2) is 10.2 Å². The smallest absolute Gasteiger partial charge is 0.286 e. The molecule has 9 heavy (non-hydrogen) atoms. The van der Waals surface area contributed by atoms with Crippen LogP contribution in [-0.2, 0) is 0 Å². The molecule has 3 nitrogen and oxygen atoms in total. The molecule has 0 radical (unpaired) electrons. The van der Waals surface area contributed by atoms with Gasteiger partial charge < -0.3 is 5.11 Å². The molecule has 0 aromatic carbocycles. The van der Waals surface area contributed by atoms with Crippen molar-refractivity contribution in [3.05, 3.63) is 24.0 Å². The zero-order chi connectivity index (χ0) is 6.27. The molecule has 0 saturated heterocycles. The van der Waals surface area contributed by atoms with E-state index in [2.05, 4.69) is 5.10 Å². The van der Waals surface area contributed by atoms with Gasteiger partial charge in [0.2, 0.25) is 0 Å². The molecule has 0 atom stereocenters. The van der Waals surface area contributed by atoms with Crippen molar-refractivity contribution in [2.45, 2.75) is 0 Å². The molecule has 0 amide bonds. The molecule has 44 valence electrons. The predicted molar refractivity (Wildman–Crippen MR) is 31.2 cm³/mol. The van der Waals surface area contributed by atoms with Gasteiger partial charge in [-0.3, -0.25) is 0 Å². The highest BCUT2D eigenvalue weighted by Gasteiger charge is 2.26. The fourth-order valence-electron chi connectivity index (χ4n) is 0.805. The molecule has 0 fully saturated rings. The summed E-state index contributed by atoms with van der Waals surface area (Å²) in [7, 11) is 0. The third kappa shape index (κ3) is 0.455. The van der Waals surface area contributed by atoms with E-state index in [9.17, 15) is 0 Å². The Labute approximate surface area is 51.9 Å². The van der Waals surface area contributed by atoms with E-state index in [1.165, 1.54) is 0 Å². The Hall–Kier alpha value is -1.38. The van der Waals surface area contributed by atoms with Gasteiger partial charge in [-0.2, -0.15) is 0 Å². The van der Waals surface area contributed by atoms with Crippen LogP contribution in [0.2, 0.25) is 0 Å². The maximum Gasteiger partial charge on any atom is 0.286 e. The summed E-state index contributed by atoms with van der Waals surface area (Å²) in [5.41, 5.74) is 0.775. The first kappa shape index (κ1) is 4.49. The zero-order valence-electron chi connectivity index (χ0n) is 4.65. The summed E-state index contributed by atoms with van der Waals surface area (Å²) in [6, 6.07) is 3.59. The van der Waals surface area contributed by atoms with E-state index in [0.717, 1.165) is 5.69 Å². The fourth-order valence-corrected chi connectivity index (χ4v) is 0.805. The lowest BCUT2D eigenvalue weighted by atomic mass is 10.2. The molecule has 1 aliphatic rings. The van der Waals surface area contributed by atoms with Gasteiger partial charge in [-0.1, -0.05) is 0 Å². The highest BCUT2D eigenvalue weighted by atomic mass is 16.3. The summed E-state index contributed by atoms with van der Waals surface area (Å²) in [6.45, 7) is 0. The Kier molecular flexibility index (Phi) is 0.656. The van der Waals surface area contributed by atoms with Crippen LogP contribution in [0.15, 0.2) is 18.3 Å². The minimum absolute atomic E-state index is 0.308. The van der Waals surface area contributed by atoms with Crippen LogP contribution in [0, 0.1) is 0 Å². The number of aliphatic hydroxyl groups is 1. The lowest BCUT2D eigenvalue weighted by Crippen LogP contribution is -2.42. The van der Waals surface area contributed by atoms with Gasteiger partial charge in [0.15, 0.2) is 0 Å². The SMILES string of the molecule is OC1=C[n+]2ncccc21. The van der Waals surface area contributed by atoms with Crippen LogP contribution in [0.5, 0.6) is 0 Å². The van der Waals surface area contributed by atoms with Gasteiger partial charge in [-0.15, -0.1) is 0 Å². The molecule has 0 spiro atoms. The number of hydrogen-bond donors (Lipinski definition) is 1. The first-order chi connectivity index (χ1) is 4.38. The maximum absolute atomic E-state index is 8.90. The van der Waals surface area contributed by atoms with E-state index in [1.807, 2.05) is 6.07 Å². The van der Waals surface area contributed by atoms with Crippen molar-refractivity contribution in [3.8, 4) is 0 Å². The van der Waals surface area contributed by atoms with Crippen molar-refractivity contribution in [2.75, 3.05) is 0 Å². The van der Waals surface area contributed by atoms with Gasteiger partial charge >= 0.3 is 0 Å². The summed E-state index contributed by atoms with van der Waals surface area (Å²) in [5.74, 6) is 0.308. The molecular formula is C6H5N2O+. The monoisotopic (exact) mass is 121 g/mol. The summed E-state index contributed by atoms with van der Waals surface area (Å²) in [4.78, 5) is 0. The Morgan fingerprint density at radius 1 is 1.56 bits per heavy atom. The molecule has 3 heteroatoms. The molecule has 0 unspecified atom stereocenters. The van der Waals surface area contributed by atoms with E-state index in [0.29, 0.717) is 5.76 Å². The summed E-state index contributed by atoms with van der Waals surface area (Å²) in [6.07, 6.45) is 3.24. The van der Waals surface area contributed by atoms with Crippen LogP contribution in [0.4, 0.5) is 0 Å². The highest BCUT2D eigenvalue weighted by Crippen LogP contribution is 2.10. The molecule has 2 heterocycles. The van der Waals surface area contributed by atoms with Crippen molar-refractivity contribution < 1.29 is 9.79 Å². The lowest BCUT2D eigenvalue weighted by molar-refractivity contribution is -0.649. The van der Waals surface area contributed by atoms with Crippen molar-refractivity contribution in [2.24, 2.45) is 0 Å². The number of nitrogens with zero attached hydrogens (tertiary/aromatic N) is 2. The first-order valence-electron chi connectivity index (χ1n) is 2.66. The predicted octanol–water partition coefficient (Wildman–Crippen LogP) is 0.196. The molecule has 1 aliphatic heterocycles. The number of aliphatic hydroxyl groups excluding tert-OH is 1. The molecule has 1 aromatic heterocycles. The third-order valence-corrected chi connectivity index (χ3v) is 1.29. The first-order valence-corrected chi connectivity index (χ1v) is 2.66. The van der Waals surface area contributed by atoms with Gasteiger partial charge in [0.05, 0.1) is 6.20 Å². The van der Waals surface area contributed by atoms with Gasteiger partial charge in [0.1, 0.15) is 0 Å². The van der Waals surface area contributed by atoms with Crippen LogP contribution in [0.3, 0.4) is 0 Å². The number of rotatable bonds is 0. The Morgan fingerprint density at radius 2 is 2.44 bits per heavy atom. The van der Waals surface area contributed by atoms with E-state index in [4.69, 9.17) is 5.11 Å². The second-order valence-electron chi connectivity index (χ2n) is 1.87.